The highest BCUT2D eigenvalue weighted by molar-refractivity contribution is 7.90. The number of rotatable bonds is 11. The normalized spacial score (nSPS) is 13.2. The van der Waals surface area contributed by atoms with Gasteiger partial charge in [0, 0.05) is 26.7 Å². The van der Waals surface area contributed by atoms with Gasteiger partial charge < -0.3 is 10.2 Å². The molecule has 0 saturated heterocycles. The van der Waals surface area contributed by atoms with E-state index in [0.29, 0.717) is 21.3 Å². The van der Waals surface area contributed by atoms with Gasteiger partial charge in [0.2, 0.25) is 11.8 Å². The fraction of sp³-hybridized carbons (Fsp3) is 0.417. The third-order valence-electron chi connectivity index (χ3n) is 5.65. The number of benzene rings is 2. The van der Waals surface area contributed by atoms with Crippen molar-refractivity contribution in [3.8, 4) is 0 Å². The molecule has 2 aromatic carbocycles. The molecule has 0 spiro atoms. The first kappa shape index (κ1) is 29.8. The van der Waals surface area contributed by atoms with Crippen LogP contribution in [-0.2, 0) is 26.3 Å². The van der Waals surface area contributed by atoms with E-state index >= 15 is 0 Å². The molecule has 0 heterocycles. The molecule has 0 aliphatic carbocycles. The number of carbonyl (C=O) groups is 2. The van der Waals surface area contributed by atoms with Crippen molar-refractivity contribution in [2.45, 2.75) is 45.8 Å². The first-order valence-electron chi connectivity index (χ1n) is 11.3. The van der Waals surface area contributed by atoms with E-state index in [2.05, 4.69) is 5.32 Å². The van der Waals surface area contributed by atoms with Gasteiger partial charge in [0.1, 0.15) is 18.4 Å². The highest BCUT2D eigenvalue weighted by atomic mass is 35.5. The fourth-order valence-corrected chi connectivity index (χ4v) is 4.62. The molecule has 8 nitrogen and oxygen atoms in total. The summed E-state index contributed by atoms with van der Waals surface area (Å²) >= 11 is 12.1. The first-order chi connectivity index (χ1) is 16.8. The first-order valence-corrected chi connectivity index (χ1v) is 13.4. The van der Waals surface area contributed by atoms with Crippen LogP contribution < -0.4 is 9.62 Å². The van der Waals surface area contributed by atoms with E-state index in [-0.39, 0.29) is 23.3 Å². The maximum absolute atomic E-state index is 14.6. The summed E-state index contributed by atoms with van der Waals surface area (Å²) in [4.78, 5) is 27.8. The summed E-state index contributed by atoms with van der Waals surface area (Å²) in [6, 6.07) is 8.94. The number of amides is 2. The Morgan fingerprint density at radius 2 is 1.69 bits per heavy atom. The van der Waals surface area contributed by atoms with Gasteiger partial charge in [-0.05, 0) is 50.1 Å². The van der Waals surface area contributed by atoms with Crippen LogP contribution in [-0.4, -0.2) is 62.2 Å². The van der Waals surface area contributed by atoms with Gasteiger partial charge in [0.15, 0.2) is 0 Å². The lowest BCUT2D eigenvalue weighted by Gasteiger charge is -2.33. The topological polar surface area (TPSA) is 90.0 Å². The van der Waals surface area contributed by atoms with Gasteiger partial charge in [-0.2, -0.15) is 12.7 Å². The molecule has 0 bridgehead atoms. The second-order valence-corrected chi connectivity index (χ2v) is 11.4. The minimum absolute atomic E-state index is 0.0576. The van der Waals surface area contributed by atoms with Gasteiger partial charge in [-0.15, -0.1) is 0 Å². The van der Waals surface area contributed by atoms with Gasteiger partial charge in [-0.3, -0.25) is 9.59 Å². The molecule has 2 rings (SSSR count). The maximum atomic E-state index is 14.6. The van der Waals surface area contributed by atoms with Crippen molar-refractivity contribution in [2.75, 3.05) is 24.9 Å². The number of halogens is 3. The third kappa shape index (κ3) is 7.32. The van der Waals surface area contributed by atoms with Crippen LogP contribution in [0.5, 0.6) is 0 Å². The Morgan fingerprint density at radius 1 is 1.06 bits per heavy atom. The number of carbonyl (C=O) groups excluding carboxylic acids is 2. The van der Waals surface area contributed by atoms with Crippen LogP contribution in [0, 0.1) is 5.82 Å². The predicted molar refractivity (Wildman–Crippen MR) is 141 cm³/mol. The van der Waals surface area contributed by atoms with E-state index in [4.69, 9.17) is 23.2 Å². The van der Waals surface area contributed by atoms with Crippen LogP contribution in [0.3, 0.4) is 0 Å². The highest BCUT2D eigenvalue weighted by Crippen LogP contribution is 2.26. The highest BCUT2D eigenvalue weighted by Gasteiger charge is 2.34. The zero-order chi connectivity index (χ0) is 27.2. The summed E-state index contributed by atoms with van der Waals surface area (Å²) in [5, 5.41) is 3.42. The minimum atomic E-state index is -4.26. The Balaban J connectivity index is 2.49. The van der Waals surface area contributed by atoms with Crippen molar-refractivity contribution >= 4 is 50.9 Å². The standard InChI is InChI=1S/C24H31Cl2FN4O4S/c1-6-16(2)28-24(33)17(3)30(14-18-11-12-19(25)20(26)13-18)23(32)15-31(36(34,35)29(4)5)22-10-8-7-9-21(22)27/h7-13,16-17H,6,14-15H2,1-5H3,(H,28,33)/t16-,17+/m1/s1. The molecule has 0 radical (unpaired) electrons. The van der Waals surface area contributed by atoms with Crippen molar-refractivity contribution in [2.24, 2.45) is 0 Å². The monoisotopic (exact) mass is 560 g/mol. The number of hydrogen-bond donors (Lipinski definition) is 1. The Labute approximate surface area is 222 Å². The van der Waals surface area contributed by atoms with Crippen molar-refractivity contribution in [1.82, 2.24) is 14.5 Å². The van der Waals surface area contributed by atoms with Gasteiger partial charge in [-0.1, -0.05) is 48.3 Å². The Morgan fingerprint density at radius 3 is 2.25 bits per heavy atom. The Bertz CT molecular complexity index is 1200. The van der Waals surface area contributed by atoms with E-state index in [1.807, 2.05) is 13.8 Å². The van der Waals surface area contributed by atoms with Crippen LogP contribution in [0.1, 0.15) is 32.8 Å². The number of hydrogen-bond acceptors (Lipinski definition) is 4. The molecule has 0 aliphatic heterocycles. The molecule has 0 saturated carbocycles. The molecule has 0 aromatic heterocycles. The van der Waals surface area contributed by atoms with Crippen LogP contribution in [0.25, 0.3) is 0 Å². The van der Waals surface area contributed by atoms with Gasteiger partial charge in [0.25, 0.3) is 0 Å². The summed E-state index contributed by atoms with van der Waals surface area (Å²) in [7, 11) is -1.69. The molecule has 2 amide bonds. The van der Waals surface area contributed by atoms with Crippen LogP contribution in [0.4, 0.5) is 10.1 Å². The van der Waals surface area contributed by atoms with Crippen molar-refractivity contribution < 1.29 is 22.4 Å². The molecule has 36 heavy (non-hydrogen) atoms. The largest absolute Gasteiger partial charge is 0.352 e. The van der Waals surface area contributed by atoms with Crippen LogP contribution in [0.15, 0.2) is 42.5 Å². The summed E-state index contributed by atoms with van der Waals surface area (Å²) < 4.78 is 42.4. The fourth-order valence-electron chi connectivity index (χ4n) is 3.24. The maximum Gasteiger partial charge on any atom is 0.304 e. The zero-order valence-electron chi connectivity index (χ0n) is 20.8. The zero-order valence-corrected chi connectivity index (χ0v) is 23.2. The van der Waals surface area contributed by atoms with E-state index in [1.165, 1.54) is 37.2 Å². The lowest BCUT2D eigenvalue weighted by Crippen LogP contribution is -2.53. The third-order valence-corrected chi connectivity index (χ3v) is 8.19. The molecular formula is C24H31Cl2FN4O4S. The van der Waals surface area contributed by atoms with Crippen molar-refractivity contribution in [3.63, 3.8) is 0 Å². The molecule has 2 atom stereocenters. The summed E-state index contributed by atoms with van der Waals surface area (Å²) in [5.41, 5.74) is 0.291. The van der Waals surface area contributed by atoms with E-state index in [1.54, 1.807) is 25.1 Å². The van der Waals surface area contributed by atoms with E-state index in [0.717, 1.165) is 10.4 Å². The molecular weight excluding hydrogens is 530 g/mol. The quantitative estimate of drug-likeness (QED) is 0.448. The van der Waals surface area contributed by atoms with Gasteiger partial charge in [0.05, 0.1) is 15.7 Å². The van der Waals surface area contributed by atoms with Crippen molar-refractivity contribution in [1.29, 1.82) is 0 Å². The van der Waals surface area contributed by atoms with Gasteiger partial charge in [-0.25, -0.2) is 8.70 Å². The number of nitrogens with one attached hydrogen (secondary N) is 1. The van der Waals surface area contributed by atoms with Crippen LogP contribution >= 0.6 is 23.2 Å². The average Bonchev–Trinajstić information content (AvgIpc) is 2.82. The van der Waals surface area contributed by atoms with Crippen molar-refractivity contribution in [3.05, 3.63) is 63.9 Å². The smallest absolute Gasteiger partial charge is 0.304 e. The SMILES string of the molecule is CC[C@@H](C)NC(=O)[C@H](C)N(Cc1ccc(Cl)c(Cl)c1)C(=O)CN(c1ccccc1F)S(=O)(=O)N(C)C. The molecule has 1 N–H and O–H groups in total. The summed E-state index contributed by atoms with van der Waals surface area (Å²) in [6.45, 7) is 4.49. The van der Waals surface area contributed by atoms with Gasteiger partial charge >= 0.3 is 10.2 Å². The second-order valence-electron chi connectivity index (χ2n) is 8.51. The summed E-state index contributed by atoms with van der Waals surface area (Å²) in [5.74, 6) is -1.93. The molecule has 0 aliphatic rings. The predicted octanol–water partition coefficient (Wildman–Crippen LogP) is 4.08. The number of anilines is 1. The second kappa shape index (κ2) is 12.7. The van der Waals surface area contributed by atoms with E-state index in [9.17, 15) is 22.4 Å². The molecule has 12 heteroatoms. The molecule has 0 fully saturated rings. The molecule has 2 aromatic rings. The van der Waals surface area contributed by atoms with Crippen LogP contribution in [0.2, 0.25) is 10.0 Å². The average molecular weight is 562 g/mol. The number of nitrogens with zero attached hydrogens (tertiary/aromatic N) is 3. The lowest BCUT2D eigenvalue weighted by molar-refractivity contribution is -0.139. The molecule has 198 valence electrons. The lowest BCUT2D eigenvalue weighted by atomic mass is 10.1. The number of para-hydroxylation sites is 1. The Hall–Kier alpha value is -2.40. The minimum Gasteiger partial charge on any atom is -0.352 e. The summed E-state index contributed by atoms with van der Waals surface area (Å²) in [6.07, 6.45) is 0.682. The van der Waals surface area contributed by atoms with E-state index < -0.39 is 40.4 Å². The molecule has 0 unspecified atom stereocenters. The Kier molecular flexibility index (Phi) is 10.5.